The molecule has 0 aromatic heterocycles. The zero-order chi connectivity index (χ0) is 62.4. The Morgan fingerprint density at radius 2 is 0.802 bits per heavy atom. The smallest absolute Gasteiger partial charge is 0.306 e. The normalized spacial score (nSPS) is 18.6. The van der Waals surface area contributed by atoms with Crippen molar-refractivity contribution in [2.45, 2.75) is 391 Å². The van der Waals surface area contributed by atoms with Crippen LogP contribution in [0.5, 0.6) is 0 Å². The number of carbonyl (C=O) groups excluding carboxylic acids is 2. The molecular weight excluding hydrogens is 1070 g/mol. The first-order valence-corrected chi connectivity index (χ1v) is 36.6. The number of aliphatic hydroxyl groups excluding tert-OH is 5. The molecule has 1 amide bonds. The number of carbonyl (C=O) groups is 2. The monoisotopic (exact) mass is 1210 g/mol. The summed E-state index contributed by atoms with van der Waals surface area (Å²) in [6, 6.07) is -1.03. The quantitative estimate of drug-likeness (QED) is 0.0195. The van der Waals surface area contributed by atoms with E-state index in [1.54, 1.807) is 6.08 Å². The van der Waals surface area contributed by atoms with Gasteiger partial charge in [0, 0.05) is 6.42 Å². The molecule has 8 unspecified atom stereocenters. The lowest BCUT2D eigenvalue weighted by Crippen LogP contribution is -2.61. The zero-order valence-corrected chi connectivity index (χ0v) is 55.9. The molecule has 8 atom stereocenters. The van der Waals surface area contributed by atoms with Gasteiger partial charge in [-0.25, -0.2) is 0 Å². The number of esters is 1. The van der Waals surface area contributed by atoms with E-state index in [4.69, 9.17) is 14.2 Å². The van der Waals surface area contributed by atoms with Crippen LogP contribution in [0.1, 0.15) is 342 Å². The fraction of sp³-hybridized carbons (Fsp3) is 0.840. The number of hydrogen-bond donors (Lipinski definition) is 6. The first kappa shape index (κ1) is 81.4. The highest BCUT2D eigenvalue weighted by Crippen LogP contribution is 2.26. The Hall–Kier alpha value is -2.64. The van der Waals surface area contributed by atoms with E-state index in [-0.39, 0.29) is 13.0 Å². The average molecular weight is 1210 g/mol. The topological polar surface area (TPSA) is 175 Å². The molecule has 0 aromatic carbocycles. The van der Waals surface area contributed by atoms with E-state index in [1.165, 1.54) is 218 Å². The highest BCUT2D eigenvalue weighted by Gasteiger charge is 2.47. The van der Waals surface area contributed by atoms with Crippen molar-refractivity contribution in [1.82, 2.24) is 5.32 Å². The van der Waals surface area contributed by atoms with E-state index in [2.05, 4.69) is 74.7 Å². The second-order valence-corrected chi connectivity index (χ2v) is 25.3. The molecule has 0 aliphatic carbocycles. The van der Waals surface area contributed by atoms with Gasteiger partial charge < -0.3 is 45.1 Å². The summed E-state index contributed by atoms with van der Waals surface area (Å²) < 4.78 is 17.7. The summed E-state index contributed by atoms with van der Waals surface area (Å²) in [7, 11) is 0. The largest absolute Gasteiger partial charge is 0.454 e. The molecule has 0 aromatic rings. The van der Waals surface area contributed by atoms with Crippen LogP contribution in [0.2, 0.25) is 0 Å². The molecule has 1 rings (SSSR count). The summed E-state index contributed by atoms with van der Waals surface area (Å²) >= 11 is 0. The maximum Gasteiger partial charge on any atom is 0.306 e. The minimum Gasteiger partial charge on any atom is -0.454 e. The lowest BCUT2D eigenvalue weighted by Gasteiger charge is -2.41. The molecule has 86 heavy (non-hydrogen) atoms. The molecule has 6 N–H and O–H groups in total. The summed E-state index contributed by atoms with van der Waals surface area (Å²) in [6.45, 7) is 5.78. The van der Waals surface area contributed by atoms with Crippen LogP contribution >= 0.6 is 0 Å². The van der Waals surface area contributed by atoms with Gasteiger partial charge in [0.25, 0.3) is 0 Å². The van der Waals surface area contributed by atoms with E-state index in [0.717, 1.165) is 77.0 Å². The zero-order valence-electron chi connectivity index (χ0n) is 55.9. The van der Waals surface area contributed by atoms with E-state index in [0.29, 0.717) is 19.3 Å². The molecule has 0 bridgehead atoms. The third kappa shape index (κ3) is 49.2. The van der Waals surface area contributed by atoms with Crippen molar-refractivity contribution in [3.8, 4) is 0 Å². The van der Waals surface area contributed by atoms with Crippen LogP contribution in [-0.4, -0.2) is 99.6 Å². The van der Waals surface area contributed by atoms with Crippen LogP contribution in [0.4, 0.5) is 0 Å². The van der Waals surface area contributed by atoms with Crippen molar-refractivity contribution in [3.63, 3.8) is 0 Å². The fourth-order valence-corrected chi connectivity index (χ4v) is 11.4. The van der Waals surface area contributed by atoms with Gasteiger partial charge in [0.05, 0.1) is 25.4 Å². The Morgan fingerprint density at radius 1 is 0.453 bits per heavy atom. The van der Waals surface area contributed by atoms with Gasteiger partial charge >= 0.3 is 5.97 Å². The van der Waals surface area contributed by atoms with Crippen LogP contribution in [-0.2, 0) is 23.8 Å². The van der Waals surface area contributed by atoms with Crippen molar-refractivity contribution < 1.29 is 49.3 Å². The molecule has 1 heterocycles. The van der Waals surface area contributed by atoms with Crippen molar-refractivity contribution >= 4 is 11.9 Å². The summed E-state index contributed by atoms with van der Waals surface area (Å²) in [5.74, 6) is -1.19. The molecule has 502 valence electrons. The maximum absolute atomic E-state index is 13.5. The van der Waals surface area contributed by atoms with E-state index < -0.39 is 67.4 Å². The number of allylic oxidation sites excluding steroid dienone is 9. The molecule has 1 saturated heterocycles. The molecule has 1 aliphatic rings. The van der Waals surface area contributed by atoms with Crippen LogP contribution in [0, 0.1) is 0 Å². The van der Waals surface area contributed by atoms with Crippen molar-refractivity contribution in [1.29, 1.82) is 0 Å². The minimum atomic E-state index is -1.62. The minimum absolute atomic E-state index is 0.119. The second kappa shape index (κ2) is 62.5. The Kier molecular flexibility index (Phi) is 59.2. The van der Waals surface area contributed by atoms with Crippen LogP contribution in [0.25, 0.3) is 0 Å². The van der Waals surface area contributed by atoms with Gasteiger partial charge in [-0.05, 0) is 89.9 Å². The highest BCUT2D eigenvalue weighted by atomic mass is 16.7. The molecule has 0 spiro atoms. The Labute approximate surface area is 528 Å². The Balaban J connectivity index is 2.54. The second-order valence-electron chi connectivity index (χ2n) is 25.3. The van der Waals surface area contributed by atoms with Gasteiger partial charge in [0.2, 0.25) is 5.91 Å². The molecular formula is C75H137NO10. The predicted octanol–water partition coefficient (Wildman–Crippen LogP) is 18.9. The van der Waals surface area contributed by atoms with Gasteiger partial charge in [-0.1, -0.05) is 306 Å². The third-order valence-corrected chi connectivity index (χ3v) is 17.1. The summed E-state index contributed by atoms with van der Waals surface area (Å²) in [5, 5.41) is 57.3. The van der Waals surface area contributed by atoms with Crippen LogP contribution in [0.3, 0.4) is 0 Å². The lowest BCUT2D eigenvalue weighted by atomic mass is 9.99. The van der Waals surface area contributed by atoms with Gasteiger partial charge in [-0.2, -0.15) is 0 Å². The summed E-state index contributed by atoms with van der Waals surface area (Å²) in [5.41, 5.74) is 0. The molecule has 0 radical (unpaired) electrons. The Bertz CT molecular complexity index is 1630. The maximum atomic E-state index is 13.5. The van der Waals surface area contributed by atoms with Crippen molar-refractivity contribution in [3.05, 3.63) is 60.8 Å². The number of hydrogen-bond acceptors (Lipinski definition) is 10. The molecule has 1 aliphatic heterocycles. The van der Waals surface area contributed by atoms with Gasteiger partial charge in [-0.3, -0.25) is 9.59 Å². The molecule has 11 heteroatoms. The number of ether oxygens (including phenoxy) is 3. The average Bonchev–Trinajstić information content (AvgIpc) is 3.68. The van der Waals surface area contributed by atoms with E-state index in [1.807, 2.05) is 6.08 Å². The molecule has 11 nitrogen and oxygen atoms in total. The first-order valence-electron chi connectivity index (χ1n) is 36.6. The van der Waals surface area contributed by atoms with Gasteiger partial charge in [0.15, 0.2) is 12.4 Å². The first-order chi connectivity index (χ1) is 42.2. The van der Waals surface area contributed by atoms with Crippen LogP contribution in [0.15, 0.2) is 60.8 Å². The van der Waals surface area contributed by atoms with E-state index >= 15 is 0 Å². The lowest BCUT2D eigenvalue weighted by molar-refractivity contribution is -0.305. The molecule has 1 fully saturated rings. The number of unbranched alkanes of at least 4 members (excludes halogenated alkanes) is 41. The number of aliphatic hydroxyl groups is 5. The highest BCUT2D eigenvalue weighted by molar-refractivity contribution is 5.80. The third-order valence-electron chi connectivity index (χ3n) is 17.1. The standard InChI is InChI=1S/C75H137NO10/c1-4-7-10-13-16-19-22-25-27-29-31-32-33-34-35-36-37-39-40-42-44-47-50-53-56-59-62-68(79)74(83)76-66(67(78)61-58-55-52-49-46-24-21-18-15-12-9-6-3)65-84-75-73(72(82)71(81)69(64-77)85-75)86-70(80)63-60-57-54-51-48-45-43-41-38-30-28-26-23-20-17-14-11-8-5-2/h16-17,19-20,25-28,58,61,66-69,71-73,75,77-79,81-82H,4-15,18,21-24,29-57,59-60,62-65H2,1-3H3,(H,76,83)/b19-16-,20-17-,27-25-,28-26-,61-58+. The van der Waals surface area contributed by atoms with E-state index in [9.17, 15) is 35.1 Å². The number of amides is 1. The van der Waals surface area contributed by atoms with Gasteiger partial charge in [-0.15, -0.1) is 0 Å². The Morgan fingerprint density at radius 3 is 1.21 bits per heavy atom. The van der Waals surface area contributed by atoms with Crippen LogP contribution < -0.4 is 5.32 Å². The fourth-order valence-electron chi connectivity index (χ4n) is 11.4. The number of nitrogens with one attached hydrogen (secondary N) is 1. The SMILES string of the molecule is CCCCC/C=C\C/C=C\CCCCCCCCCCCCCCCCCCC(O)C(=O)NC(COC1OC(CO)C(O)C(O)C1OC(=O)CCCCCCCCCCC/C=C\C/C=C\CCCCC)C(O)/C=C/CCCCCCCCCCCC. The summed E-state index contributed by atoms with van der Waals surface area (Å²) in [6.07, 6.45) is 69.8. The van der Waals surface area contributed by atoms with Gasteiger partial charge in [0.1, 0.15) is 24.4 Å². The van der Waals surface area contributed by atoms with Crippen molar-refractivity contribution in [2.75, 3.05) is 13.2 Å². The van der Waals surface area contributed by atoms with Crippen molar-refractivity contribution in [2.24, 2.45) is 0 Å². The summed E-state index contributed by atoms with van der Waals surface area (Å²) in [4.78, 5) is 26.7. The predicted molar refractivity (Wildman–Crippen MR) is 361 cm³/mol. The molecule has 0 saturated carbocycles. The number of rotatable bonds is 63.